The van der Waals surface area contributed by atoms with E-state index in [2.05, 4.69) is 0 Å². The van der Waals surface area contributed by atoms with E-state index in [1.54, 1.807) is 0 Å². The van der Waals surface area contributed by atoms with Crippen LogP contribution >= 0.6 is 0 Å². The van der Waals surface area contributed by atoms with Crippen molar-refractivity contribution < 1.29 is 9.84 Å². The van der Waals surface area contributed by atoms with Crippen molar-refractivity contribution >= 4 is 0 Å². The van der Waals surface area contributed by atoms with Gasteiger partial charge in [-0.25, -0.2) is 0 Å². The Morgan fingerprint density at radius 1 is 1.12 bits per heavy atom. The molecule has 0 radical (unpaired) electrons. The van der Waals surface area contributed by atoms with Crippen molar-refractivity contribution in [1.29, 1.82) is 0 Å². The third kappa shape index (κ3) is 1.61. The van der Waals surface area contributed by atoms with Crippen molar-refractivity contribution in [3.8, 4) is 5.75 Å². The van der Waals surface area contributed by atoms with E-state index in [9.17, 15) is 5.11 Å². The maximum Gasteiger partial charge on any atom is 0.125 e. The Balaban J connectivity index is 1.96. The normalized spacial score (nSPS) is 33.2. The predicted octanol–water partition coefficient (Wildman–Crippen LogP) is 2.92. The van der Waals surface area contributed by atoms with Gasteiger partial charge in [0.1, 0.15) is 5.75 Å². The van der Waals surface area contributed by atoms with Crippen molar-refractivity contribution in [1.82, 2.24) is 0 Å². The third-order valence-electron chi connectivity index (χ3n) is 4.06. The molecule has 2 aliphatic rings. The summed E-state index contributed by atoms with van der Waals surface area (Å²) in [4.78, 5) is 0. The van der Waals surface area contributed by atoms with E-state index in [1.807, 2.05) is 24.3 Å². The molecule has 1 unspecified atom stereocenters. The lowest BCUT2D eigenvalue weighted by atomic mass is 9.75. The van der Waals surface area contributed by atoms with Crippen LogP contribution in [0.25, 0.3) is 0 Å². The summed E-state index contributed by atoms with van der Waals surface area (Å²) in [6.07, 6.45) is 4.55. The maximum atomic E-state index is 10.5. The molecule has 3 rings (SSSR count). The summed E-state index contributed by atoms with van der Waals surface area (Å²) in [6, 6.07) is 7.92. The monoisotopic (exact) mass is 218 g/mol. The molecular weight excluding hydrogens is 200 g/mol. The summed E-state index contributed by atoms with van der Waals surface area (Å²) < 4.78 is 5.83. The van der Waals surface area contributed by atoms with Crippen LogP contribution in [0.5, 0.6) is 5.75 Å². The Hall–Kier alpha value is -1.02. The first-order valence-corrected chi connectivity index (χ1v) is 6.26. The summed E-state index contributed by atoms with van der Waals surface area (Å²) in [5, 5.41) is 10.5. The zero-order valence-corrected chi connectivity index (χ0v) is 9.43. The highest BCUT2D eigenvalue weighted by Gasteiger charge is 2.35. The molecule has 0 saturated heterocycles. The number of aliphatic hydroxyl groups is 1. The van der Waals surface area contributed by atoms with E-state index in [4.69, 9.17) is 4.74 Å². The van der Waals surface area contributed by atoms with Crippen molar-refractivity contribution in [2.75, 3.05) is 6.61 Å². The first-order chi connectivity index (χ1) is 7.86. The van der Waals surface area contributed by atoms with Gasteiger partial charge < -0.3 is 9.84 Å². The molecule has 1 N–H and O–H groups in total. The molecule has 1 aromatic carbocycles. The number of para-hydroxylation sites is 1. The van der Waals surface area contributed by atoms with Crippen LogP contribution in [0.15, 0.2) is 24.3 Å². The van der Waals surface area contributed by atoms with Crippen LogP contribution in [-0.4, -0.2) is 11.7 Å². The lowest BCUT2D eigenvalue weighted by Gasteiger charge is -2.31. The zero-order valence-electron chi connectivity index (χ0n) is 9.43. The summed E-state index contributed by atoms with van der Waals surface area (Å²) in [5.41, 5.74) is 0.983. The number of rotatable bonds is 0. The van der Waals surface area contributed by atoms with Gasteiger partial charge in [-0.2, -0.15) is 0 Å². The maximum absolute atomic E-state index is 10.5. The van der Waals surface area contributed by atoms with Gasteiger partial charge in [-0.1, -0.05) is 31.0 Å². The Morgan fingerprint density at radius 3 is 2.88 bits per heavy atom. The smallest absolute Gasteiger partial charge is 0.125 e. The summed E-state index contributed by atoms with van der Waals surface area (Å²) in [6.45, 7) is 0.777. The largest absolute Gasteiger partial charge is 0.493 e. The molecule has 86 valence electrons. The van der Waals surface area contributed by atoms with E-state index in [-0.39, 0.29) is 6.10 Å². The van der Waals surface area contributed by atoms with Crippen LogP contribution in [0, 0.1) is 11.8 Å². The molecule has 2 nitrogen and oxygen atoms in total. The van der Waals surface area contributed by atoms with Crippen LogP contribution in [-0.2, 0) is 0 Å². The molecule has 1 heterocycles. The Morgan fingerprint density at radius 2 is 1.94 bits per heavy atom. The zero-order chi connectivity index (χ0) is 11.0. The standard InChI is InChI=1S/C14H18O2/c15-14-11-6-2-1-5-10(11)9-16-13-8-4-3-7-12(13)14/h3-4,7-8,10-11,14-15H,1-2,5-6,9H2/t10-,11-,14?/m0/s1. The predicted molar refractivity (Wildman–Crippen MR) is 62.3 cm³/mol. The van der Waals surface area contributed by atoms with Crippen LogP contribution in [0.1, 0.15) is 37.4 Å². The lowest BCUT2D eigenvalue weighted by molar-refractivity contribution is 0.0422. The van der Waals surface area contributed by atoms with Crippen LogP contribution in [0.4, 0.5) is 0 Å². The molecule has 3 atom stereocenters. The quantitative estimate of drug-likeness (QED) is 0.725. The minimum Gasteiger partial charge on any atom is -0.493 e. The average Bonchev–Trinajstić information content (AvgIpc) is 2.49. The fourth-order valence-electron chi connectivity index (χ4n) is 3.14. The van der Waals surface area contributed by atoms with E-state index in [0.717, 1.165) is 24.3 Å². The van der Waals surface area contributed by atoms with Gasteiger partial charge in [0.25, 0.3) is 0 Å². The van der Waals surface area contributed by atoms with Gasteiger partial charge in [0.05, 0.1) is 12.7 Å². The van der Waals surface area contributed by atoms with E-state index in [0.29, 0.717) is 11.8 Å². The third-order valence-corrected chi connectivity index (χ3v) is 4.06. The Kier molecular flexibility index (Phi) is 2.60. The molecule has 2 heteroatoms. The molecule has 1 fully saturated rings. The fourth-order valence-corrected chi connectivity index (χ4v) is 3.14. The second-order valence-corrected chi connectivity index (χ2v) is 5.00. The van der Waals surface area contributed by atoms with E-state index in [1.165, 1.54) is 19.3 Å². The van der Waals surface area contributed by atoms with Crippen molar-refractivity contribution in [3.63, 3.8) is 0 Å². The van der Waals surface area contributed by atoms with Crippen molar-refractivity contribution in [2.45, 2.75) is 31.8 Å². The number of hydrogen-bond acceptors (Lipinski definition) is 2. The molecule has 1 aliphatic carbocycles. The van der Waals surface area contributed by atoms with Gasteiger partial charge >= 0.3 is 0 Å². The molecule has 0 amide bonds. The minimum atomic E-state index is -0.330. The molecular formula is C14H18O2. The summed E-state index contributed by atoms with van der Waals surface area (Å²) in [7, 11) is 0. The first-order valence-electron chi connectivity index (χ1n) is 6.26. The molecule has 0 bridgehead atoms. The second kappa shape index (κ2) is 4.10. The number of ether oxygens (including phenoxy) is 1. The molecule has 16 heavy (non-hydrogen) atoms. The molecule has 0 spiro atoms. The molecule has 0 aromatic heterocycles. The number of benzene rings is 1. The number of hydrogen-bond donors (Lipinski definition) is 1. The topological polar surface area (TPSA) is 29.5 Å². The highest BCUT2D eigenvalue weighted by atomic mass is 16.5. The van der Waals surface area contributed by atoms with Crippen molar-refractivity contribution in [3.05, 3.63) is 29.8 Å². The van der Waals surface area contributed by atoms with Gasteiger partial charge in [0.2, 0.25) is 0 Å². The van der Waals surface area contributed by atoms with Gasteiger partial charge in [0, 0.05) is 5.56 Å². The Labute approximate surface area is 96.2 Å². The molecule has 1 aromatic rings. The van der Waals surface area contributed by atoms with E-state index < -0.39 is 0 Å². The number of fused-ring (bicyclic) bond motifs is 2. The fraction of sp³-hybridized carbons (Fsp3) is 0.571. The van der Waals surface area contributed by atoms with Crippen LogP contribution < -0.4 is 4.74 Å². The lowest BCUT2D eigenvalue weighted by Crippen LogP contribution is -2.27. The SMILES string of the molecule is OC1c2ccccc2OC[C@@H]2CCCC[C@H]12. The van der Waals surface area contributed by atoms with Gasteiger partial charge in [0.15, 0.2) is 0 Å². The van der Waals surface area contributed by atoms with Gasteiger partial charge in [-0.05, 0) is 30.7 Å². The first kappa shape index (κ1) is 10.2. The van der Waals surface area contributed by atoms with Crippen LogP contribution in [0.3, 0.4) is 0 Å². The van der Waals surface area contributed by atoms with Gasteiger partial charge in [-0.15, -0.1) is 0 Å². The second-order valence-electron chi connectivity index (χ2n) is 5.00. The molecule has 1 aliphatic heterocycles. The van der Waals surface area contributed by atoms with Crippen LogP contribution in [0.2, 0.25) is 0 Å². The van der Waals surface area contributed by atoms with Crippen molar-refractivity contribution in [2.24, 2.45) is 11.8 Å². The molecule has 1 saturated carbocycles. The van der Waals surface area contributed by atoms with E-state index >= 15 is 0 Å². The summed E-state index contributed by atoms with van der Waals surface area (Å²) >= 11 is 0. The average molecular weight is 218 g/mol. The number of aliphatic hydroxyl groups excluding tert-OH is 1. The Bertz CT molecular complexity index is 375. The summed E-state index contributed by atoms with van der Waals surface area (Å²) in [5.74, 6) is 1.82. The highest BCUT2D eigenvalue weighted by molar-refractivity contribution is 5.36. The van der Waals surface area contributed by atoms with Gasteiger partial charge in [-0.3, -0.25) is 0 Å². The highest BCUT2D eigenvalue weighted by Crippen LogP contribution is 2.43. The minimum absolute atomic E-state index is 0.330.